The Hall–Kier alpha value is -2.87. The Labute approximate surface area is 144 Å². The van der Waals surface area contributed by atoms with Crippen molar-refractivity contribution in [1.29, 1.82) is 0 Å². The number of rotatable bonds is 5. The Morgan fingerprint density at radius 2 is 2.16 bits per heavy atom. The molecule has 8 heteroatoms. The van der Waals surface area contributed by atoms with E-state index in [1.165, 1.54) is 0 Å². The fourth-order valence-electron chi connectivity index (χ4n) is 2.75. The molecule has 1 saturated heterocycles. The highest BCUT2D eigenvalue weighted by molar-refractivity contribution is 5.92. The molecule has 1 atom stereocenters. The summed E-state index contributed by atoms with van der Waals surface area (Å²) in [6.45, 7) is 1.47. The van der Waals surface area contributed by atoms with E-state index in [1.54, 1.807) is 18.3 Å². The molecule has 1 aromatic carbocycles. The summed E-state index contributed by atoms with van der Waals surface area (Å²) >= 11 is 0. The van der Waals surface area contributed by atoms with Crippen LogP contribution in [0.5, 0.6) is 11.5 Å². The van der Waals surface area contributed by atoms with Crippen LogP contribution in [-0.2, 0) is 4.74 Å². The molecule has 2 aliphatic heterocycles. The van der Waals surface area contributed by atoms with Crippen molar-refractivity contribution in [2.75, 3.05) is 25.3 Å². The molecule has 130 valence electrons. The lowest BCUT2D eigenvalue weighted by atomic mass is 10.2. The van der Waals surface area contributed by atoms with E-state index in [0.29, 0.717) is 29.7 Å². The normalized spacial score (nSPS) is 18.2. The highest BCUT2D eigenvalue weighted by Gasteiger charge is 2.18. The molecular weight excluding hydrogens is 324 g/mol. The first-order valence-electron chi connectivity index (χ1n) is 8.17. The summed E-state index contributed by atoms with van der Waals surface area (Å²) in [4.78, 5) is 20.6. The third kappa shape index (κ3) is 3.63. The number of amides is 1. The average molecular weight is 342 g/mol. The van der Waals surface area contributed by atoms with Crippen LogP contribution in [0.25, 0.3) is 0 Å². The van der Waals surface area contributed by atoms with Crippen molar-refractivity contribution in [3.63, 3.8) is 0 Å². The van der Waals surface area contributed by atoms with E-state index in [-0.39, 0.29) is 18.8 Å². The third-order valence-electron chi connectivity index (χ3n) is 4.03. The van der Waals surface area contributed by atoms with Gasteiger partial charge in [-0.3, -0.25) is 4.79 Å². The fourth-order valence-corrected chi connectivity index (χ4v) is 2.75. The zero-order valence-electron chi connectivity index (χ0n) is 13.5. The molecule has 4 rings (SSSR count). The highest BCUT2D eigenvalue weighted by atomic mass is 16.7. The first-order valence-corrected chi connectivity index (χ1v) is 8.17. The van der Waals surface area contributed by atoms with Gasteiger partial charge in [0.05, 0.1) is 6.10 Å². The van der Waals surface area contributed by atoms with Crippen LogP contribution in [0.2, 0.25) is 0 Å². The smallest absolute Gasteiger partial charge is 0.270 e. The number of carbonyl (C=O) groups is 1. The molecule has 0 radical (unpaired) electrons. The molecule has 0 saturated carbocycles. The van der Waals surface area contributed by atoms with Gasteiger partial charge in [0.15, 0.2) is 11.5 Å². The maximum absolute atomic E-state index is 12.2. The summed E-state index contributed by atoms with van der Waals surface area (Å²) in [7, 11) is 0. The maximum atomic E-state index is 12.2. The number of hydrogen-bond donors (Lipinski definition) is 2. The fraction of sp³-hybridized carbons (Fsp3) is 0.353. The molecule has 25 heavy (non-hydrogen) atoms. The van der Waals surface area contributed by atoms with E-state index in [2.05, 4.69) is 20.6 Å². The molecule has 1 aromatic heterocycles. The van der Waals surface area contributed by atoms with E-state index in [0.717, 1.165) is 25.1 Å². The second-order valence-corrected chi connectivity index (χ2v) is 5.80. The van der Waals surface area contributed by atoms with Crippen LogP contribution in [0.15, 0.2) is 30.5 Å². The van der Waals surface area contributed by atoms with E-state index in [4.69, 9.17) is 14.2 Å². The number of aromatic nitrogens is 2. The predicted molar refractivity (Wildman–Crippen MR) is 89.2 cm³/mol. The largest absolute Gasteiger partial charge is 0.454 e. The number of anilines is 2. The Balaban J connectivity index is 1.41. The predicted octanol–water partition coefficient (Wildman–Crippen LogP) is 1.86. The van der Waals surface area contributed by atoms with Gasteiger partial charge in [0, 0.05) is 31.1 Å². The van der Waals surface area contributed by atoms with Gasteiger partial charge < -0.3 is 24.8 Å². The first kappa shape index (κ1) is 15.6. The molecule has 2 aromatic rings. The van der Waals surface area contributed by atoms with Crippen LogP contribution in [0, 0.1) is 0 Å². The summed E-state index contributed by atoms with van der Waals surface area (Å²) in [5.41, 5.74) is 1.05. The number of ether oxygens (including phenoxy) is 3. The van der Waals surface area contributed by atoms with Crippen LogP contribution in [-0.4, -0.2) is 41.9 Å². The SMILES string of the molecule is O=C(NCC1CCCO1)c1ccnc(Nc2ccc3c(c2)OCO3)n1. The first-order chi connectivity index (χ1) is 12.3. The molecule has 2 aliphatic rings. The standard InChI is InChI=1S/C17H18N4O4/c22-16(19-9-12-2-1-7-23-12)13-5-6-18-17(21-13)20-11-3-4-14-15(8-11)25-10-24-14/h3-6,8,12H,1-2,7,9-10H2,(H,19,22)(H,18,20,21). The Kier molecular flexibility index (Phi) is 4.34. The number of nitrogens with one attached hydrogen (secondary N) is 2. The van der Waals surface area contributed by atoms with Gasteiger partial charge in [-0.15, -0.1) is 0 Å². The molecule has 1 unspecified atom stereocenters. The molecule has 3 heterocycles. The van der Waals surface area contributed by atoms with Gasteiger partial charge in [0.25, 0.3) is 5.91 Å². The summed E-state index contributed by atoms with van der Waals surface area (Å²) in [6.07, 6.45) is 3.65. The zero-order chi connectivity index (χ0) is 17.1. The number of fused-ring (bicyclic) bond motifs is 1. The van der Waals surface area contributed by atoms with Crippen molar-refractivity contribution < 1.29 is 19.0 Å². The highest BCUT2D eigenvalue weighted by Crippen LogP contribution is 2.34. The van der Waals surface area contributed by atoms with Gasteiger partial charge >= 0.3 is 0 Å². The van der Waals surface area contributed by atoms with Crippen molar-refractivity contribution in [2.24, 2.45) is 0 Å². The van der Waals surface area contributed by atoms with Crippen LogP contribution in [0.1, 0.15) is 23.3 Å². The van der Waals surface area contributed by atoms with Crippen molar-refractivity contribution in [2.45, 2.75) is 18.9 Å². The van der Waals surface area contributed by atoms with Gasteiger partial charge in [0.1, 0.15) is 5.69 Å². The Morgan fingerprint density at radius 1 is 1.24 bits per heavy atom. The molecular formula is C17H18N4O4. The number of benzene rings is 1. The van der Waals surface area contributed by atoms with Crippen LogP contribution in [0.4, 0.5) is 11.6 Å². The Bertz CT molecular complexity index is 777. The van der Waals surface area contributed by atoms with E-state index < -0.39 is 0 Å². The Morgan fingerprint density at radius 3 is 3.04 bits per heavy atom. The van der Waals surface area contributed by atoms with Crippen molar-refractivity contribution in [3.05, 3.63) is 36.2 Å². The van der Waals surface area contributed by atoms with Gasteiger partial charge in [-0.2, -0.15) is 0 Å². The summed E-state index contributed by atoms with van der Waals surface area (Å²) in [6, 6.07) is 7.02. The van der Waals surface area contributed by atoms with E-state index in [1.807, 2.05) is 12.1 Å². The van der Waals surface area contributed by atoms with Crippen molar-refractivity contribution in [1.82, 2.24) is 15.3 Å². The van der Waals surface area contributed by atoms with E-state index >= 15 is 0 Å². The number of nitrogens with zero attached hydrogens (tertiary/aromatic N) is 2. The van der Waals surface area contributed by atoms with Gasteiger partial charge in [-0.1, -0.05) is 0 Å². The average Bonchev–Trinajstić information content (AvgIpc) is 3.31. The number of hydrogen-bond acceptors (Lipinski definition) is 7. The third-order valence-corrected chi connectivity index (χ3v) is 4.03. The molecule has 0 spiro atoms. The minimum atomic E-state index is -0.244. The van der Waals surface area contributed by atoms with Gasteiger partial charge in [0.2, 0.25) is 12.7 Å². The minimum absolute atomic E-state index is 0.0945. The molecule has 1 amide bonds. The maximum Gasteiger partial charge on any atom is 0.270 e. The van der Waals surface area contributed by atoms with Crippen molar-refractivity contribution in [3.8, 4) is 11.5 Å². The lowest BCUT2D eigenvalue weighted by Gasteiger charge is -2.11. The lowest BCUT2D eigenvalue weighted by molar-refractivity contribution is 0.0853. The van der Waals surface area contributed by atoms with Gasteiger partial charge in [-0.05, 0) is 31.0 Å². The van der Waals surface area contributed by atoms with Crippen LogP contribution >= 0.6 is 0 Å². The summed E-state index contributed by atoms with van der Waals surface area (Å²) < 4.78 is 16.1. The second-order valence-electron chi connectivity index (χ2n) is 5.80. The quantitative estimate of drug-likeness (QED) is 0.856. The minimum Gasteiger partial charge on any atom is -0.454 e. The van der Waals surface area contributed by atoms with E-state index in [9.17, 15) is 4.79 Å². The molecule has 2 N–H and O–H groups in total. The van der Waals surface area contributed by atoms with Gasteiger partial charge in [-0.25, -0.2) is 9.97 Å². The monoisotopic (exact) mass is 342 g/mol. The molecule has 0 bridgehead atoms. The second kappa shape index (κ2) is 6.94. The van der Waals surface area contributed by atoms with Crippen LogP contribution in [0.3, 0.4) is 0 Å². The molecule has 0 aliphatic carbocycles. The molecule has 8 nitrogen and oxygen atoms in total. The zero-order valence-corrected chi connectivity index (χ0v) is 13.5. The lowest BCUT2D eigenvalue weighted by Crippen LogP contribution is -2.32. The summed E-state index contributed by atoms with van der Waals surface area (Å²) in [5.74, 6) is 1.46. The van der Waals surface area contributed by atoms with Crippen molar-refractivity contribution >= 4 is 17.5 Å². The molecule has 1 fully saturated rings. The van der Waals surface area contributed by atoms with Crippen LogP contribution < -0.4 is 20.1 Å². The topological polar surface area (TPSA) is 94.6 Å². The summed E-state index contributed by atoms with van der Waals surface area (Å²) in [5, 5.41) is 5.91. The number of carbonyl (C=O) groups excluding carboxylic acids is 1.